The van der Waals surface area contributed by atoms with Crippen molar-refractivity contribution in [1.82, 2.24) is 4.57 Å². The SMILES string of the molecule is CCOC(=O)C(C(=O)Nc1ccc2c(c1)cc(Cc1ccc(C(=N)N)cc1)n2C)C1CCCC1.Cl. The number of carbonyl (C=O) groups excluding carboxylic acids is 2. The van der Waals surface area contributed by atoms with Crippen LogP contribution >= 0.6 is 12.4 Å². The number of anilines is 1. The molecule has 0 saturated heterocycles. The van der Waals surface area contributed by atoms with Gasteiger partial charge < -0.3 is 20.4 Å². The van der Waals surface area contributed by atoms with Crippen molar-refractivity contribution >= 4 is 46.7 Å². The molecule has 3 aromatic rings. The summed E-state index contributed by atoms with van der Waals surface area (Å²) in [6, 6.07) is 15.6. The maximum absolute atomic E-state index is 13.1. The summed E-state index contributed by atoms with van der Waals surface area (Å²) >= 11 is 0. The van der Waals surface area contributed by atoms with Crippen LogP contribution in [0.4, 0.5) is 5.69 Å². The number of hydrogen-bond acceptors (Lipinski definition) is 4. The number of nitrogens with zero attached hydrogens (tertiary/aromatic N) is 1. The smallest absolute Gasteiger partial charge is 0.318 e. The van der Waals surface area contributed by atoms with Gasteiger partial charge in [0.25, 0.3) is 0 Å². The number of carbonyl (C=O) groups is 2. The Morgan fingerprint density at radius 1 is 1.14 bits per heavy atom. The monoisotopic (exact) mass is 496 g/mol. The molecule has 4 rings (SSSR count). The first-order valence-corrected chi connectivity index (χ1v) is 11.9. The lowest BCUT2D eigenvalue weighted by molar-refractivity contribution is -0.153. The van der Waals surface area contributed by atoms with Gasteiger partial charge in [0, 0.05) is 41.3 Å². The average Bonchev–Trinajstić information content (AvgIpc) is 3.43. The molecule has 8 heteroatoms. The van der Waals surface area contributed by atoms with Gasteiger partial charge in [-0.2, -0.15) is 0 Å². The van der Waals surface area contributed by atoms with E-state index >= 15 is 0 Å². The Morgan fingerprint density at radius 2 is 1.83 bits per heavy atom. The number of halogens is 1. The van der Waals surface area contributed by atoms with E-state index in [1.165, 1.54) is 0 Å². The molecule has 1 aliphatic carbocycles. The molecule has 4 N–H and O–H groups in total. The highest BCUT2D eigenvalue weighted by Crippen LogP contribution is 2.33. The minimum absolute atomic E-state index is 0. The molecule has 1 heterocycles. The number of amidine groups is 1. The van der Waals surface area contributed by atoms with Crippen LogP contribution in [0.1, 0.15) is 49.4 Å². The zero-order chi connectivity index (χ0) is 24.2. The third kappa shape index (κ3) is 5.85. The van der Waals surface area contributed by atoms with Crippen LogP contribution in [0.2, 0.25) is 0 Å². The minimum atomic E-state index is -0.762. The van der Waals surface area contributed by atoms with Crippen LogP contribution in [0.5, 0.6) is 0 Å². The van der Waals surface area contributed by atoms with E-state index in [1.807, 2.05) is 49.5 Å². The number of esters is 1. The number of nitrogens with one attached hydrogen (secondary N) is 2. The first-order chi connectivity index (χ1) is 16.4. The third-order valence-corrected chi connectivity index (χ3v) is 6.75. The van der Waals surface area contributed by atoms with E-state index in [9.17, 15) is 9.59 Å². The van der Waals surface area contributed by atoms with Crippen molar-refractivity contribution in [3.63, 3.8) is 0 Å². The summed E-state index contributed by atoms with van der Waals surface area (Å²) in [5.74, 6) is -1.37. The van der Waals surface area contributed by atoms with Crippen LogP contribution in [0, 0.1) is 17.2 Å². The molecule has 2 aromatic carbocycles. The Morgan fingerprint density at radius 3 is 2.46 bits per heavy atom. The minimum Gasteiger partial charge on any atom is -0.465 e. The van der Waals surface area contributed by atoms with Gasteiger partial charge in [0.05, 0.1) is 6.61 Å². The Hall–Kier alpha value is -3.32. The Balaban J connectivity index is 0.00000342. The Kier molecular flexibility index (Phi) is 8.57. The molecule has 0 aliphatic heterocycles. The molecule has 1 atom stereocenters. The maximum Gasteiger partial charge on any atom is 0.318 e. The van der Waals surface area contributed by atoms with E-state index in [0.29, 0.717) is 11.3 Å². The number of hydrogen-bond donors (Lipinski definition) is 3. The van der Waals surface area contributed by atoms with E-state index in [-0.39, 0.29) is 36.7 Å². The van der Waals surface area contributed by atoms with Crippen molar-refractivity contribution in [2.45, 2.75) is 39.0 Å². The molecule has 35 heavy (non-hydrogen) atoms. The summed E-state index contributed by atoms with van der Waals surface area (Å²) in [4.78, 5) is 25.6. The standard InChI is InChI=1S/C27H32N4O3.ClH/c1-3-34-27(33)24(18-6-4-5-7-18)26(32)30-21-12-13-23-20(15-21)16-22(31(23)2)14-17-8-10-19(11-9-17)25(28)29;/h8-13,15-16,18,24H,3-7,14H2,1-2H3,(H3,28,29)(H,30,32);1H. The van der Waals surface area contributed by atoms with Gasteiger partial charge in [-0.15, -0.1) is 12.4 Å². The highest BCUT2D eigenvalue weighted by Gasteiger charge is 2.37. The van der Waals surface area contributed by atoms with Crippen LogP contribution in [-0.2, 0) is 27.8 Å². The maximum atomic E-state index is 13.1. The Bertz CT molecular complexity index is 1210. The van der Waals surface area contributed by atoms with Crippen LogP contribution < -0.4 is 11.1 Å². The number of amides is 1. The summed E-state index contributed by atoms with van der Waals surface area (Å²) in [6.07, 6.45) is 4.59. The summed E-state index contributed by atoms with van der Waals surface area (Å²) in [5.41, 5.74) is 10.2. The van der Waals surface area contributed by atoms with E-state index in [4.69, 9.17) is 15.9 Å². The second-order valence-electron chi connectivity index (χ2n) is 9.02. The summed E-state index contributed by atoms with van der Waals surface area (Å²) in [5, 5.41) is 11.5. The van der Waals surface area contributed by atoms with Gasteiger partial charge in [0.1, 0.15) is 11.8 Å². The van der Waals surface area contributed by atoms with Crippen LogP contribution in [0.25, 0.3) is 10.9 Å². The molecule has 1 unspecified atom stereocenters. The number of aromatic nitrogens is 1. The van der Waals surface area contributed by atoms with Gasteiger partial charge in [0.2, 0.25) is 5.91 Å². The number of ether oxygens (including phenoxy) is 1. The molecule has 1 aliphatic rings. The third-order valence-electron chi connectivity index (χ3n) is 6.75. The van der Waals surface area contributed by atoms with Gasteiger partial charge in [0.15, 0.2) is 0 Å². The first-order valence-electron chi connectivity index (χ1n) is 11.9. The lowest BCUT2D eigenvalue weighted by Crippen LogP contribution is -2.36. The zero-order valence-corrected chi connectivity index (χ0v) is 21.0. The van der Waals surface area contributed by atoms with Crippen molar-refractivity contribution in [3.8, 4) is 0 Å². The molecule has 1 amide bonds. The number of aryl methyl sites for hydroxylation is 1. The summed E-state index contributed by atoms with van der Waals surface area (Å²) in [6.45, 7) is 2.03. The van der Waals surface area contributed by atoms with Gasteiger partial charge >= 0.3 is 5.97 Å². The predicted octanol–water partition coefficient (Wildman–Crippen LogP) is 4.78. The number of nitrogens with two attached hydrogens (primary N) is 1. The van der Waals surface area contributed by atoms with E-state index in [0.717, 1.165) is 54.3 Å². The van der Waals surface area contributed by atoms with E-state index in [1.54, 1.807) is 6.92 Å². The molecule has 1 saturated carbocycles. The molecule has 0 radical (unpaired) electrons. The second-order valence-corrected chi connectivity index (χ2v) is 9.02. The normalized spacial score (nSPS) is 14.3. The number of fused-ring (bicyclic) bond motifs is 1. The fourth-order valence-corrected chi connectivity index (χ4v) is 4.92. The Labute approximate surface area is 211 Å². The highest BCUT2D eigenvalue weighted by atomic mass is 35.5. The van der Waals surface area contributed by atoms with E-state index in [2.05, 4.69) is 16.0 Å². The van der Waals surface area contributed by atoms with Gasteiger partial charge in [-0.1, -0.05) is 37.1 Å². The number of rotatable bonds is 8. The first kappa shape index (κ1) is 26.3. The lowest BCUT2D eigenvalue weighted by Gasteiger charge is -2.21. The molecule has 1 fully saturated rings. The number of benzene rings is 2. The van der Waals surface area contributed by atoms with Gasteiger partial charge in [-0.25, -0.2) is 0 Å². The fourth-order valence-electron chi connectivity index (χ4n) is 4.92. The molecule has 0 spiro atoms. The summed E-state index contributed by atoms with van der Waals surface area (Å²) < 4.78 is 7.36. The lowest BCUT2D eigenvalue weighted by atomic mass is 9.90. The quantitative estimate of drug-likeness (QED) is 0.180. The molecular formula is C27H33ClN4O3. The van der Waals surface area contributed by atoms with Crippen molar-refractivity contribution in [3.05, 3.63) is 65.4 Å². The zero-order valence-electron chi connectivity index (χ0n) is 20.2. The van der Waals surface area contributed by atoms with Gasteiger partial charge in [-0.3, -0.25) is 15.0 Å². The molecule has 186 valence electrons. The molecule has 0 bridgehead atoms. The van der Waals surface area contributed by atoms with Crippen molar-refractivity contribution in [1.29, 1.82) is 5.41 Å². The van der Waals surface area contributed by atoms with E-state index < -0.39 is 11.9 Å². The van der Waals surface area contributed by atoms with Gasteiger partial charge in [-0.05, 0) is 55.5 Å². The van der Waals surface area contributed by atoms with Crippen molar-refractivity contribution < 1.29 is 14.3 Å². The average molecular weight is 497 g/mol. The second kappa shape index (κ2) is 11.4. The van der Waals surface area contributed by atoms with Crippen LogP contribution in [0.15, 0.2) is 48.5 Å². The fraction of sp³-hybridized carbons (Fsp3) is 0.370. The van der Waals surface area contributed by atoms with Crippen LogP contribution in [0.3, 0.4) is 0 Å². The van der Waals surface area contributed by atoms with Crippen molar-refractivity contribution in [2.75, 3.05) is 11.9 Å². The molecule has 1 aromatic heterocycles. The summed E-state index contributed by atoms with van der Waals surface area (Å²) in [7, 11) is 2.02. The number of nitrogen functional groups attached to an aromatic ring is 1. The topological polar surface area (TPSA) is 110 Å². The predicted molar refractivity (Wildman–Crippen MR) is 141 cm³/mol. The largest absolute Gasteiger partial charge is 0.465 e. The van der Waals surface area contributed by atoms with Crippen molar-refractivity contribution in [2.24, 2.45) is 24.6 Å². The highest BCUT2D eigenvalue weighted by molar-refractivity contribution is 6.05. The molecule has 7 nitrogen and oxygen atoms in total. The van der Waals surface area contributed by atoms with Crippen LogP contribution in [-0.4, -0.2) is 28.9 Å². The molecular weight excluding hydrogens is 464 g/mol.